The summed E-state index contributed by atoms with van der Waals surface area (Å²) in [5.41, 5.74) is -1.96. The molecule has 0 aliphatic heterocycles. The van der Waals surface area contributed by atoms with Gasteiger partial charge in [-0.15, -0.1) is 0 Å². The van der Waals surface area contributed by atoms with Gasteiger partial charge in [-0.2, -0.15) is 26.3 Å². The first kappa shape index (κ1) is 25.5. The highest BCUT2D eigenvalue weighted by atomic mass is 19.4. The Morgan fingerprint density at radius 2 is 1.46 bits per heavy atom. The lowest BCUT2D eigenvalue weighted by Crippen LogP contribution is -2.20. The molecule has 2 heterocycles. The van der Waals surface area contributed by atoms with E-state index in [1.54, 1.807) is 41.1 Å². The summed E-state index contributed by atoms with van der Waals surface area (Å²) in [6, 6.07) is 9.50. The third-order valence-corrected chi connectivity index (χ3v) is 5.28. The number of hydrogen-bond acceptors (Lipinski definition) is 3. The number of urea groups is 1. The van der Waals surface area contributed by atoms with E-state index in [-0.39, 0.29) is 23.4 Å². The molecule has 3 amide bonds. The SMILES string of the molecule is CNC(=O)c1cc(-n2ccc3cc(NC(=O)Nc4cc(C(F)(F)F)cc(C(F)(F)F)c4)ccc32)ccn1. The van der Waals surface area contributed by atoms with Crippen LogP contribution >= 0.6 is 0 Å². The van der Waals surface area contributed by atoms with Crippen LogP contribution in [0.4, 0.5) is 42.5 Å². The van der Waals surface area contributed by atoms with E-state index in [4.69, 9.17) is 0 Å². The first-order chi connectivity index (χ1) is 17.3. The minimum Gasteiger partial charge on any atom is -0.354 e. The summed E-state index contributed by atoms with van der Waals surface area (Å²) in [6.07, 6.45) is -6.88. The van der Waals surface area contributed by atoms with Gasteiger partial charge in [0.15, 0.2) is 0 Å². The molecule has 4 rings (SSSR count). The van der Waals surface area contributed by atoms with E-state index in [0.29, 0.717) is 28.7 Å². The van der Waals surface area contributed by atoms with E-state index in [1.165, 1.54) is 19.3 Å². The summed E-state index contributed by atoms with van der Waals surface area (Å²) in [5, 5.41) is 7.56. The predicted molar refractivity (Wildman–Crippen MR) is 124 cm³/mol. The second-order valence-electron chi connectivity index (χ2n) is 7.81. The topological polar surface area (TPSA) is 88.0 Å². The van der Waals surface area contributed by atoms with Gasteiger partial charge in [0.1, 0.15) is 5.69 Å². The number of benzene rings is 2. The number of carbonyl (C=O) groups is 2. The Labute approximate surface area is 205 Å². The largest absolute Gasteiger partial charge is 0.416 e. The number of halogens is 6. The Morgan fingerprint density at radius 3 is 2.08 bits per heavy atom. The van der Waals surface area contributed by atoms with Crippen LogP contribution < -0.4 is 16.0 Å². The summed E-state index contributed by atoms with van der Waals surface area (Å²) in [7, 11) is 1.48. The third-order valence-electron chi connectivity index (χ3n) is 5.28. The zero-order valence-electron chi connectivity index (χ0n) is 18.8. The van der Waals surface area contributed by atoms with Crippen molar-refractivity contribution in [3.05, 3.63) is 83.8 Å². The van der Waals surface area contributed by atoms with Gasteiger partial charge < -0.3 is 20.5 Å². The number of rotatable bonds is 4. The van der Waals surface area contributed by atoms with Crippen LogP contribution in [0.1, 0.15) is 21.6 Å². The lowest BCUT2D eigenvalue weighted by atomic mass is 10.1. The second kappa shape index (κ2) is 9.48. The molecule has 0 radical (unpaired) electrons. The Hall–Kier alpha value is -4.55. The zero-order chi connectivity index (χ0) is 27.0. The molecule has 0 unspecified atom stereocenters. The molecule has 0 saturated heterocycles. The Bertz CT molecular complexity index is 1460. The monoisotopic (exact) mass is 521 g/mol. The van der Waals surface area contributed by atoms with E-state index in [2.05, 4.69) is 15.6 Å². The van der Waals surface area contributed by atoms with Gasteiger partial charge in [0.2, 0.25) is 0 Å². The maximum atomic E-state index is 13.1. The van der Waals surface area contributed by atoms with Crippen LogP contribution in [0.3, 0.4) is 0 Å². The highest BCUT2D eigenvalue weighted by molar-refractivity contribution is 6.01. The Kier molecular flexibility index (Phi) is 6.55. The van der Waals surface area contributed by atoms with Crippen LogP contribution in [0.2, 0.25) is 0 Å². The maximum absolute atomic E-state index is 13.1. The quantitative estimate of drug-likeness (QED) is 0.285. The number of fused-ring (bicyclic) bond motifs is 1. The average molecular weight is 521 g/mol. The van der Waals surface area contributed by atoms with Crippen molar-refractivity contribution in [2.75, 3.05) is 17.7 Å². The molecule has 7 nitrogen and oxygen atoms in total. The zero-order valence-corrected chi connectivity index (χ0v) is 18.8. The number of pyridine rings is 1. The number of nitrogens with one attached hydrogen (secondary N) is 3. The van der Waals surface area contributed by atoms with Crippen molar-refractivity contribution in [2.24, 2.45) is 0 Å². The van der Waals surface area contributed by atoms with E-state index in [1.807, 2.05) is 5.32 Å². The highest BCUT2D eigenvalue weighted by Gasteiger charge is 2.37. The number of aromatic nitrogens is 2. The van der Waals surface area contributed by atoms with Crippen molar-refractivity contribution in [3.63, 3.8) is 0 Å². The predicted octanol–water partition coefficient (Wildman–Crippen LogP) is 6.07. The summed E-state index contributed by atoms with van der Waals surface area (Å²) in [4.78, 5) is 28.2. The molecular weight excluding hydrogens is 504 g/mol. The first-order valence-corrected chi connectivity index (χ1v) is 10.5. The highest BCUT2D eigenvalue weighted by Crippen LogP contribution is 2.37. The number of hydrogen-bond donors (Lipinski definition) is 3. The standard InChI is InChI=1S/C24H17F6N5O2/c1-31-21(36)19-12-18(4-6-32-19)35-7-5-13-8-16(2-3-20(13)35)33-22(37)34-17-10-14(23(25,26)27)9-15(11-17)24(28,29)30/h2-12H,1H3,(H,31,36)(H2,33,34,37). The van der Waals surface area contributed by atoms with Gasteiger partial charge >= 0.3 is 18.4 Å². The normalized spacial score (nSPS) is 11.9. The minimum absolute atomic E-state index is 0.0257. The van der Waals surface area contributed by atoms with Crippen LogP contribution in [-0.4, -0.2) is 28.5 Å². The number of nitrogens with zero attached hydrogens (tertiary/aromatic N) is 2. The van der Waals surface area contributed by atoms with Crippen LogP contribution in [-0.2, 0) is 12.4 Å². The Morgan fingerprint density at radius 1 is 0.811 bits per heavy atom. The molecule has 0 spiro atoms. The molecule has 2 aromatic heterocycles. The molecule has 0 bridgehead atoms. The molecule has 192 valence electrons. The van der Waals surface area contributed by atoms with E-state index < -0.39 is 35.2 Å². The van der Waals surface area contributed by atoms with Crippen LogP contribution in [0.25, 0.3) is 16.6 Å². The van der Waals surface area contributed by atoms with Crippen molar-refractivity contribution in [2.45, 2.75) is 12.4 Å². The van der Waals surface area contributed by atoms with Gasteiger partial charge in [0.05, 0.1) is 16.6 Å². The van der Waals surface area contributed by atoms with Crippen LogP contribution in [0.5, 0.6) is 0 Å². The molecule has 0 fully saturated rings. The molecule has 0 aliphatic rings. The number of anilines is 2. The second-order valence-corrected chi connectivity index (χ2v) is 7.81. The number of carbonyl (C=O) groups excluding carboxylic acids is 2. The summed E-state index contributed by atoms with van der Waals surface area (Å²) in [5.74, 6) is -0.362. The molecule has 2 aromatic carbocycles. The molecule has 37 heavy (non-hydrogen) atoms. The molecule has 3 N–H and O–H groups in total. The van der Waals surface area contributed by atoms with Crippen LogP contribution in [0, 0.1) is 0 Å². The van der Waals surface area contributed by atoms with Gasteiger partial charge in [-0.05, 0) is 54.6 Å². The van der Waals surface area contributed by atoms with Gasteiger partial charge in [-0.25, -0.2) is 4.79 Å². The lowest BCUT2D eigenvalue weighted by molar-refractivity contribution is -0.143. The Balaban J connectivity index is 1.56. The summed E-state index contributed by atoms with van der Waals surface area (Å²) < 4.78 is 80.1. The third kappa shape index (κ3) is 5.66. The molecule has 0 saturated carbocycles. The number of alkyl halides is 6. The number of amides is 3. The molecular formula is C24H17F6N5O2. The van der Waals surface area contributed by atoms with Crippen LogP contribution in [0.15, 0.2) is 67.0 Å². The fourth-order valence-corrected chi connectivity index (χ4v) is 3.59. The summed E-state index contributed by atoms with van der Waals surface area (Å²) >= 11 is 0. The van der Waals surface area contributed by atoms with Crippen molar-refractivity contribution >= 4 is 34.2 Å². The lowest BCUT2D eigenvalue weighted by Gasteiger charge is -2.15. The van der Waals surface area contributed by atoms with Gasteiger partial charge in [0, 0.05) is 41.9 Å². The van der Waals surface area contributed by atoms with Gasteiger partial charge in [-0.3, -0.25) is 9.78 Å². The van der Waals surface area contributed by atoms with E-state index >= 15 is 0 Å². The first-order valence-electron chi connectivity index (χ1n) is 10.5. The van der Waals surface area contributed by atoms with Gasteiger partial charge in [0.25, 0.3) is 5.91 Å². The van der Waals surface area contributed by atoms with Crippen molar-refractivity contribution in [3.8, 4) is 5.69 Å². The van der Waals surface area contributed by atoms with Crippen molar-refractivity contribution < 1.29 is 35.9 Å². The molecule has 0 atom stereocenters. The summed E-state index contributed by atoms with van der Waals surface area (Å²) in [6.45, 7) is 0. The van der Waals surface area contributed by atoms with Gasteiger partial charge in [-0.1, -0.05) is 0 Å². The minimum atomic E-state index is -5.04. The average Bonchev–Trinajstić information content (AvgIpc) is 3.25. The smallest absolute Gasteiger partial charge is 0.354 e. The van der Waals surface area contributed by atoms with Crippen molar-refractivity contribution in [1.29, 1.82) is 0 Å². The molecule has 0 aliphatic carbocycles. The van der Waals surface area contributed by atoms with E-state index in [0.717, 1.165) is 0 Å². The van der Waals surface area contributed by atoms with Crippen molar-refractivity contribution in [1.82, 2.24) is 14.9 Å². The fraction of sp³-hybridized carbons (Fsp3) is 0.125. The fourth-order valence-electron chi connectivity index (χ4n) is 3.59. The molecule has 13 heteroatoms. The van der Waals surface area contributed by atoms with E-state index in [9.17, 15) is 35.9 Å². The molecule has 4 aromatic rings. The maximum Gasteiger partial charge on any atom is 0.416 e.